The monoisotopic (exact) mass is 587 g/mol. The molecule has 1 N–H and O–H groups in total. The van der Waals surface area contributed by atoms with E-state index in [1.54, 1.807) is 11.3 Å². The fourth-order valence-corrected chi connectivity index (χ4v) is 5.97. The molecule has 2 aromatic heterocycles. The molecule has 0 atom stereocenters. The van der Waals surface area contributed by atoms with Crippen LogP contribution in [-0.4, -0.2) is 47.9 Å². The lowest BCUT2D eigenvalue weighted by molar-refractivity contribution is -0.152. The Kier molecular flexibility index (Phi) is 11.7. The van der Waals surface area contributed by atoms with E-state index in [1.807, 2.05) is 83.3 Å². The zero-order valence-corrected chi connectivity index (χ0v) is 25.8. The number of aromatic nitrogens is 2. The van der Waals surface area contributed by atoms with Crippen molar-refractivity contribution in [2.45, 2.75) is 90.7 Å². The predicted molar refractivity (Wildman–Crippen MR) is 162 cm³/mol. The van der Waals surface area contributed by atoms with E-state index in [4.69, 9.17) is 14.5 Å². The number of nitrogens with one attached hydrogen (secondary N) is 1. The highest BCUT2D eigenvalue weighted by atomic mass is 32.2. The van der Waals surface area contributed by atoms with E-state index in [0.29, 0.717) is 5.88 Å². The lowest BCUT2D eigenvalue weighted by Crippen LogP contribution is -2.32. The molecular weight excluding hydrogens is 546 g/mol. The van der Waals surface area contributed by atoms with E-state index in [2.05, 4.69) is 21.9 Å². The Labute approximate surface area is 242 Å². The average molecular weight is 588 g/mol. The van der Waals surface area contributed by atoms with Crippen molar-refractivity contribution in [2.75, 3.05) is 0 Å². The number of benzene rings is 1. The Hall–Kier alpha value is -2.82. The molecule has 0 unspecified atom stereocenters. The summed E-state index contributed by atoms with van der Waals surface area (Å²) in [6, 6.07) is 11.9. The summed E-state index contributed by atoms with van der Waals surface area (Å²) in [4.78, 5) is 21.4. The second kappa shape index (κ2) is 14.7. The van der Waals surface area contributed by atoms with Crippen LogP contribution in [0.15, 0.2) is 53.9 Å². The summed E-state index contributed by atoms with van der Waals surface area (Å²) in [5.74, 6) is 0.519. The molecule has 218 valence electrons. The van der Waals surface area contributed by atoms with Crippen LogP contribution in [-0.2, 0) is 19.6 Å². The van der Waals surface area contributed by atoms with Gasteiger partial charge in [-0.1, -0.05) is 44.2 Å². The number of ether oxygens (including phenoxy) is 2. The van der Waals surface area contributed by atoms with E-state index in [0.717, 1.165) is 47.3 Å². The largest absolute Gasteiger partial charge is 0.473 e. The second-order valence-electron chi connectivity index (χ2n) is 10.7. The zero-order chi connectivity index (χ0) is 29.3. The molecule has 10 heteroatoms. The maximum absolute atomic E-state index is 11.1. The zero-order valence-electron chi connectivity index (χ0n) is 24.2. The minimum atomic E-state index is -2.94. The van der Waals surface area contributed by atoms with Gasteiger partial charge >= 0.3 is 5.97 Å². The number of esters is 1. The van der Waals surface area contributed by atoms with Crippen LogP contribution < -0.4 is 9.46 Å². The SMILES string of the molecule is CC(C)C(=O)OC1CC=CC1.CC(C)NS(=O)(=O)C1CC1.CC(C)Oc1nc2ccccc2nc1-c1cccs1. The Morgan fingerprint density at radius 1 is 0.950 bits per heavy atom. The van der Waals surface area contributed by atoms with Crippen LogP contribution in [0.2, 0.25) is 0 Å². The number of sulfonamides is 1. The minimum Gasteiger partial charge on any atom is -0.473 e. The maximum Gasteiger partial charge on any atom is 0.308 e. The van der Waals surface area contributed by atoms with Gasteiger partial charge in [-0.15, -0.1) is 11.3 Å². The topological polar surface area (TPSA) is 107 Å². The number of rotatable bonds is 8. The lowest BCUT2D eigenvalue weighted by Gasteiger charge is -2.12. The van der Waals surface area contributed by atoms with E-state index in [1.165, 1.54) is 0 Å². The third kappa shape index (κ3) is 9.98. The number of hydrogen-bond donors (Lipinski definition) is 1. The van der Waals surface area contributed by atoms with Crippen molar-refractivity contribution in [1.29, 1.82) is 0 Å². The number of thiophene rings is 1. The second-order valence-corrected chi connectivity index (χ2v) is 13.6. The molecule has 2 aliphatic rings. The van der Waals surface area contributed by atoms with Gasteiger partial charge in [-0.3, -0.25) is 4.79 Å². The summed E-state index contributed by atoms with van der Waals surface area (Å²) >= 11 is 1.64. The summed E-state index contributed by atoms with van der Waals surface area (Å²) in [5.41, 5.74) is 2.57. The van der Waals surface area contributed by atoms with Crippen molar-refractivity contribution in [1.82, 2.24) is 14.7 Å². The Balaban J connectivity index is 0.000000180. The molecule has 5 rings (SSSR count). The maximum atomic E-state index is 11.1. The van der Waals surface area contributed by atoms with Crippen LogP contribution in [0.4, 0.5) is 0 Å². The van der Waals surface area contributed by atoms with Crippen LogP contribution >= 0.6 is 11.3 Å². The molecule has 1 fully saturated rings. The highest BCUT2D eigenvalue weighted by Crippen LogP contribution is 2.32. The molecule has 0 spiro atoms. The third-order valence-corrected chi connectivity index (χ3v) is 8.75. The van der Waals surface area contributed by atoms with Crippen molar-refractivity contribution in [3.05, 3.63) is 53.9 Å². The van der Waals surface area contributed by atoms with Gasteiger partial charge in [-0.05, 0) is 64.1 Å². The minimum absolute atomic E-state index is 0.00407. The number of nitrogens with zero attached hydrogens (tertiary/aromatic N) is 2. The molecule has 1 saturated carbocycles. The fraction of sp³-hybridized carbons (Fsp3) is 0.500. The van der Waals surface area contributed by atoms with Gasteiger partial charge in [0.1, 0.15) is 11.8 Å². The highest BCUT2D eigenvalue weighted by molar-refractivity contribution is 7.90. The van der Waals surface area contributed by atoms with Crippen molar-refractivity contribution < 1.29 is 22.7 Å². The Morgan fingerprint density at radius 2 is 1.57 bits per heavy atom. The first kappa shape index (κ1) is 31.7. The van der Waals surface area contributed by atoms with Crippen LogP contribution in [0.25, 0.3) is 21.6 Å². The highest BCUT2D eigenvalue weighted by Gasteiger charge is 2.35. The Bertz CT molecular complexity index is 1360. The van der Waals surface area contributed by atoms with Gasteiger partial charge in [-0.25, -0.2) is 23.1 Å². The van der Waals surface area contributed by atoms with Gasteiger partial charge < -0.3 is 9.47 Å². The smallest absolute Gasteiger partial charge is 0.308 e. The van der Waals surface area contributed by atoms with Crippen LogP contribution in [0.3, 0.4) is 0 Å². The van der Waals surface area contributed by atoms with Gasteiger partial charge in [0.15, 0.2) is 0 Å². The summed E-state index contributed by atoms with van der Waals surface area (Å²) in [6.45, 7) is 11.4. The van der Waals surface area contributed by atoms with Crippen molar-refractivity contribution in [2.24, 2.45) is 5.92 Å². The molecule has 3 aromatic rings. The first-order valence-electron chi connectivity index (χ1n) is 13.8. The molecule has 0 radical (unpaired) electrons. The molecule has 0 saturated heterocycles. The Morgan fingerprint density at radius 3 is 2.08 bits per heavy atom. The standard InChI is InChI=1S/C15H14N2OS.C9H14O2.C6H13NO2S/c1-10(2)18-15-14(13-8-5-9-19-13)16-11-6-3-4-7-12(11)17-15;1-7(2)9(10)11-8-5-3-4-6-8;1-5(2)7-10(8,9)6-3-4-6/h3-10H,1-2H3;3-4,7-8H,5-6H2,1-2H3;5-7H,3-4H2,1-2H3. The van der Waals surface area contributed by atoms with Crippen molar-refractivity contribution in [3.63, 3.8) is 0 Å². The number of carbonyl (C=O) groups is 1. The molecule has 1 aromatic carbocycles. The quantitative estimate of drug-likeness (QED) is 0.236. The predicted octanol–water partition coefficient (Wildman–Crippen LogP) is 6.53. The van der Waals surface area contributed by atoms with Crippen LogP contribution in [0.1, 0.15) is 67.2 Å². The first-order chi connectivity index (χ1) is 19.0. The molecule has 2 aliphatic carbocycles. The van der Waals surface area contributed by atoms with E-state index in [-0.39, 0.29) is 35.4 Å². The van der Waals surface area contributed by atoms with Gasteiger partial charge in [0, 0.05) is 18.9 Å². The van der Waals surface area contributed by atoms with E-state index < -0.39 is 10.0 Å². The normalized spacial score (nSPS) is 15.1. The van der Waals surface area contributed by atoms with Gasteiger partial charge in [-0.2, -0.15) is 0 Å². The van der Waals surface area contributed by atoms with Gasteiger partial charge in [0.2, 0.25) is 15.9 Å². The number of para-hydroxylation sites is 2. The number of hydrogen-bond acceptors (Lipinski definition) is 8. The molecule has 0 bridgehead atoms. The van der Waals surface area contributed by atoms with Crippen LogP contribution in [0.5, 0.6) is 5.88 Å². The fourth-order valence-electron chi connectivity index (χ4n) is 3.66. The number of fused-ring (bicyclic) bond motifs is 1. The molecule has 2 heterocycles. The lowest BCUT2D eigenvalue weighted by atomic mass is 10.2. The third-order valence-electron chi connectivity index (χ3n) is 5.72. The van der Waals surface area contributed by atoms with Crippen LogP contribution in [0, 0.1) is 5.92 Å². The molecule has 40 heavy (non-hydrogen) atoms. The molecular formula is C30H41N3O5S2. The molecule has 0 amide bonds. The van der Waals surface area contributed by atoms with Crippen molar-refractivity contribution in [3.8, 4) is 16.5 Å². The van der Waals surface area contributed by atoms with E-state index >= 15 is 0 Å². The average Bonchev–Trinajstić information content (AvgIpc) is 3.38. The summed E-state index contributed by atoms with van der Waals surface area (Å²) in [7, 11) is -2.94. The molecule has 8 nitrogen and oxygen atoms in total. The summed E-state index contributed by atoms with van der Waals surface area (Å²) in [5, 5.41) is 1.95. The molecule has 0 aliphatic heterocycles. The van der Waals surface area contributed by atoms with Gasteiger partial charge in [0.05, 0.1) is 33.2 Å². The summed E-state index contributed by atoms with van der Waals surface area (Å²) in [6.07, 6.45) is 7.75. The van der Waals surface area contributed by atoms with Crippen molar-refractivity contribution >= 4 is 38.4 Å². The first-order valence-corrected chi connectivity index (χ1v) is 16.2. The van der Waals surface area contributed by atoms with Gasteiger partial charge in [0.25, 0.3) is 0 Å². The van der Waals surface area contributed by atoms with E-state index in [9.17, 15) is 13.2 Å². The number of carbonyl (C=O) groups excluding carboxylic acids is 1. The summed E-state index contributed by atoms with van der Waals surface area (Å²) < 4.78 is 35.7.